The molecule has 1 saturated heterocycles. The van der Waals surface area contributed by atoms with E-state index in [1.807, 2.05) is 6.07 Å². The molecule has 0 bridgehead atoms. The zero-order chi connectivity index (χ0) is 12.8. The fourth-order valence-corrected chi connectivity index (χ4v) is 2.01. The molecular weight excluding hydrogens is 232 g/mol. The number of hydroxylamine groups is 1. The molecule has 0 spiro atoms. The van der Waals surface area contributed by atoms with E-state index in [0.29, 0.717) is 18.7 Å². The molecule has 1 heterocycles. The maximum atomic E-state index is 11.6. The Kier molecular flexibility index (Phi) is 4.69. The summed E-state index contributed by atoms with van der Waals surface area (Å²) < 4.78 is 0. The van der Waals surface area contributed by atoms with Crippen LogP contribution in [0.25, 0.3) is 0 Å². The lowest BCUT2D eigenvalue weighted by atomic mass is 10.0. The van der Waals surface area contributed by atoms with Crippen molar-refractivity contribution in [1.82, 2.24) is 10.8 Å². The Morgan fingerprint density at radius 3 is 2.83 bits per heavy atom. The molecule has 0 radical (unpaired) electrons. The average Bonchev–Trinajstić information content (AvgIpc) is 2.81. The van der Waals surface area contributed by atoms with Gasteiger partial charge in [0.25, 0.3) is 0 Å². The number of hydrogen-bond donors (Lipinski definition) is 3. The topological polar surface area (TPSA) is 70.6 Å². The van der Waals surface area contributed by atoms with Gasteiger partial charge in [-0.2, -0.15) is 5.48 Å². The fourth-order valence-electron chi connectivity index (χ4n) is 2.01. The summed E-state index contributed by atoms with van der Waals surface area (Å²) in [6.07, 6.45) is 0.479. The minimum Gasteiger partial charge on any atom is -0.391 e. The molecule has 0 amide bonds. The Morgan fingerprint density at radius 2 is 2.17 bits per heavy atom. The van der Waals surface area contributed by atoms with Crippen LogP contribution in [0.3, 0.4) is 0 Å². The number of hydrogen-bond acceptors (Lipinski definition) is 5. The van der Waals surface area contributed by atoms with Crippen LogP contribution in [0.5, 0.6) is 0 Å². The summed E-state index contributed by atoms with van der Waals surface area (Å²) >= 11 is 0. The van der Waals surface area contributed by atoms with Crippen molar-refractivity contribution in [2.24, 2.45) is 5.92 Å². The van der Waals surface area contributed by atoms with E-state index in [9.17, 15) is 9.90 Å². The third-order valence-electron chi connectivity index (χ3n) is 3.10. The van der Waals surface area contributed by atoms with Crippen molar-refractivity contribution >= 4 is 5.97 Å². The van der Waals surface area contributed by atoms with Gasteiger partial charge in [-0.15, -0.1) is 0 Å². The summed E-state index contributed by atoms with van der Waals surface area (Å²) in [4.78, 5) is 16.5. The molecule has 5 heteroatoms. The number of benzene rings is 1. The quantitative estimate of drug-likeness (QED) is 0.518. The second kappa shape index (κ2) is 6.49. The molecule has 0 aliphatic carbocycles. The second-order valence-corrected chi connectivity index (χ2v) is 4.42. The van der Waals surface area contributed by atoms with Gasteiger partial charge in [-0.1, -0.05) is 18.2 Å². The van der Waals surface area contributed by atoms with E-state index in [-0.39, 0.29) is 18.0 Å². The van der Waals surface area contributed by atoms with Crippen molar-refractivity contribution in [1.29, 1.82) is 0 Å². The van der Waals surface area contributed by atoms with E-state index in [0.717, 1.165) is 13.0 Å². The van der Waals surface area contributed by atoms with Crippen LogP contribution in [0.1, 0.15) is 16.8 Å². The Labute approximate surface area is 106 Å². The predicted molar refractivity (Wildman–Crippen MR) is 66.8 cm³/mol. The standard InChI is InChI=1S/C13H18N2O3/c16-12-9-14-8-11(12)6-7-15-18-13(17)10-4-2-1-3-5-10/h1-5,11-12,14-16H,6-9H2/t11?,12-/m0/s1. The molecule has 5 nitrogen and oxygen atoms in total. The summed E-state index contributed by atoms with van der Waals surface area (Å²) in [7, 11) is 0. The molecule has 2 atom stereocenters. The van der Waals surface area contributed by atoms with Gasteiger partial charge in [0.15, 0.2) is 0 Å². The number of carbonyl (C=O) groups is 1. The lowest BCUT2D eigenvalue weighted by molar-refractivity contribution is 0.0232. The van der Waals surface area contributed by atoms with Crippen molar-refractivity contribution in [3.8, 4) is 0 Å². The second-order valence-electron chi connectivity index (χ2n) is 4.42. The van der Waals surface area contributed by atoms with Gasteiger partial charge in [0.05, 0.1) is 11.7 Å². The Bertz CT molecular complexity index is 383. The summed E-state index contributed by atoms with van der Waals surface area (Å²) in [5, 5.41) is 12.7. The van der Waals surface area contributed by atoms with Gasteiger partial charge in [-0.25, -0.2) is 4.79 Å². The molecule has 98 valence electrons. The minimum atomic E-state index is -0.388. The van der Waals surface area contributed by atoms with Crippen molar-refractivity contribution in [2.75, 3.05) is 19.6 Å². The lowest BCUT2D eigenvalue weighted by Gasteiger charge is -2.13. The van der Waals surface area contributed by atoms with Crippen LogP contribution in [0, 0.1) is 5.92 Å². The third kappa shape index (κ3) is 3.53. The van der Waals surface area contributed by atoms with Crippen LogP contribution < -0.4 is 10.8 Å². The van der Waals surface area contributed by atoms with Gasteiger partial charge in [-0.3, -0.25) is 0 Å². The highest BCUT2D eigenvalue weighted by molar-refractivity contribution is 5.89. The fraction of sp³-hybridized carbons (Fsp3) is 0.462. The first-order valence-electron chi connectivity index (χ1n) is 6.15. The average molecular weight is 250 g/mol. The predicted octanol–water partition coefficient (Wildman–Crippen LogP) is 0.318. The first-order chi connectivity index (χ1) is 8.77. The number of aliphatic hydroxyl groups is 1. The zero-order valence-corrected chi connectivity index (χ0v) is 10.1. The van der Waals surface area contributed by atoms with Crippen molar-refractivity contribution in [3.05, 3.63) is 35.9 Å². The van der Waals surface area contributed by atoms with Gasteiger partial charge in [0, 0.05) is 19.6 Å². The number of rotatable bonds is 5. The molecule has 1 fully saturated rings. The molecule has 1 aromatic rings. The van der Waals surface area contributed by atoms with E-state index in [4.69, 9.17) is 4.84 Å². The molecule has 1 aromatic carbocycles. The molecule has 1 aliphatic rings. The number of β-amino-alcohol motifs (C(OH)–C–C–N with tert-alkyl or cyclic N) is 1. The van der Waals surface area contributed by atoms with Crippen molar-refractivity contribution in [3.63, 3.8) is 0 Å². The van der Waals surface area contributed by atoms with E-state index >= 15 is 0 Å². The summed E-state index contributed by atoms with van der Waals surface area (Å²) in [5.41, 5.74) is 3.16. The molecule has 3 N–H and O–H groups in total. The first-order valence-corrected chi connectivity index (χ1v) is 6.15. The highest BCUT2D eigenvalue weighted by Gasteiger charge is 2.24. The van der Waals surface area contributed by atoms with E-state index in [1.165, 1.54) is 0 Å². The molecule has 0 aromatic heterocycles. The van der Waals surface area contributed by atoms with Gasteiger partial charge >= 0.3 is 5.97 Å². The number of nitrogens with one attached hydrogen (secondary N) is 2. The van der Waals surface area contributed by atoms with Crippen molar-refractivity contribution in [2.45, 2.75) is 12.5 Å². The van der Waals surface area contributed by atoms with E-state index < -0.39 is 0 Å². The molecule has 0 saturated carbocycles. The van der Waals surface area contributed by atoms with Crippen LogP contribution >= 0.6 is 0 Å². The van der Waals surface area contributed by atoms with Crippen LogP contribution in [0.2, 0.25) is 0 Å². The Hall–Kier alpha value is -1.43. The normalized spacial score (nSPS) is 22.9. The van der Waals surface area contributed by atoms with Gasteiger partial charge in [0.1, 0.15) is 0 Å². The molecule has 1 unspecified atom stereocenters. The zero-order valence-electron chi connectivity index (χ0n) is 10.1. The largest absolute Gasteiger partial charge is 0.391 e. The smallest absolute Gasteiger partial charge is 0.356 e. The minimum absolute atomic E-state index is 0.230. The monoisotopic (exact) mass is 250 g/mol. The molecule has 2 rings (SSSR count). The summed E-state index contributed by atoms with van der Waals surface area (Å²) in [6.45, 7) is 2.01. The maximum absolute atomic E-state index is 11.6. The van der Waals surface area contributed by atoms with Gasteiger partial charge in [-0.05, 0) is 24.5 Å². The summed E-state index contributed by atoms with van der Waals surface area (Å²) in [5.74, 6) is -0.159. The number of carbonyl (C=O) groups excluding carboxylic acids is 1. The van der Waals surface area contributed by atoms with Crippen LogP contribution in [0.15, 0.2) is 30.3 Å². The van der Waals surface area contributed by atoms with Crippen LogP contribution in [-0.2, 0) is 4.84 Å². The van der Waals surface area contributed by atoms with Gasteiger partial charge in [0.2, 0.25) is 0 Å². The Morgan fingerprint density at radius 1 is 1.39 bits per heavy atom. The SMILES string of the molecule is O=C(ONCCC1CNC[C@@H]1O)c1ccccc1. The first kappa shape index (κ1) is 13.0. The van der Waals surface area contributed by atoms with Crippen LogP contribution in [0.4, 0.5) is 0 Å². The number of aliphatic hydroxyl groups excluding tert-OH is 1. The molecular formula is C13H18N2O3. The lowest BCUT2D eigenvalue weighted by Crippen LogP contribution is -2.26. The summed E-state index contributed by atoms with van der Waals surface area (Å²) in [6, 6.07) is 8.83. The maximum Gasteiger partial charge on any atom is 0.356 e. The molecule has 1 aliphatic heterocycles. The highest BCUT2D eigenvalue weighted by Crippen LogP contribution is 2.12. The van der Waals surface area contributed by atoms with Crippen molar-refractivity contribution < 1.29 is 14.7 Å². The third-order valence-corrected chi connectivity index (χ3v) is 3.10. The van der Waals surface area contributed by atoms with E-state index in [1.54, 1.807) is 24.3 Å². The highest BCUT2D eigenvalue weighted by atomic mass is 16.7. The van der Waals surface area contributed by atoms with Gasteiger partial charge < -0.3 is 15.3 Å². The van der Waals surface area contributed by atoms with E-state index in [2.05, 4.69) is 10.8 Å². The Balaban J connectivity index is 1.65. The van der Waals surface area contributed by atoms with Crippen LogP contribution in [-0.4, -0.2) is 36.8 Å². The molecule has 18 heavy (non-hydrogen) atoms.